The number of aromatic nitrogens is 1. The van der Waals surface area contributed by atoms with Crippen LogP contribution in [0.4, 0.5) is 15.4 Å². The van der Waals surface area contributed by atoms with Crippen LogP contribution >= 0.6 is 27.3 Å². The molecule has 1 aromatic heterocycles. The molecule has 3 amide bonds. The van der Waals surface area contributed by atoms with Gasteiger partial charge in [-0.05, 0) is 28.8 Å². The summed E-state index contributed by atoms with van der Waals surface area (Å²) in [6.07, 6.45) is 0.432. The van der Waals surface area contributed by atoms with Crippen LogP contribution < -0.4 is 10.6 Å². The number of hydrogen-bond acceptors (Lipinski definition) is 4. The molecule has 1 aromatic rings. The van der Waals surface area contributed by atoms with Crippen molar-refractivity contribution in [2.24, 2.45) is 5.73 Å². The Labute approximate surface area is 122 Å². The smallest absolute Gasteiger partial charge is 0.407 e. The predicted octanol–water partition coefficient (Wildman–Crippen LogP) is 1.93. The number of primary amides is 1. The van der Waals surface area contributed by atoms with Crippen LogP contribution in [0.2, 0.25) is 0 Å². The lowest BCUT2D eigenvalue weighted by Crippen LogP contribution is -2.53. The Balaban J connectivity index is 2.20. The minimum Gasteiger partial charge on any atom is -0.465 e. The Morgan fingerprint density at radius 2 is 2.37 bits per heavy atom. The van der Waals surface area contributed by atoms with E-state index in [1.807, 2.05) is 0 Å². The SMILES string of the molecule is NC(=O)N(c1csc(Br)n1)[C@H]1CCCN(C(=O)O)C1. The van der Waals surface area contributed by atoms with Crippen LogP contribution in [-0.2, 0) is 0 Å². The standard InChI is InChI=1S/C10H13BrN4O3S/c11-8-13-7(5-19-8)15(9(12)16)6-2-1-3-14(4-6)10(17)18/h5-6H,1-4H2,(H2,12,16)(H,17,18)/t6-/m0/s1. The van der Waals surface area contributed by atoms with Crippen LogP contribution in [0.15, 0.2) is 9.30 Å². The number of carboxylic acid groups (broad SMARTS) is 1. The third-order valence-corrected chi connectivity index (χ3v) is 4.33. The molecule has 0 aliphatic carbocycles. The van der Waals surface area contributed by atoms with Gasteiger partial charge in [-0.3, -0.25) is 4.90 Å². The summed E-state index contributed by atoms with van der Waals surface area (Å²) in [4.78, 5) is 29.5. The van der Waals surface area contributed by atoms with Crippen molar-refractivity contribution in [3.63, 3.8) is 0 Å². The maximum Gasteiger partial charge on any atom is 0.407 e. The van der Waals surface area contributed by atoms with Gasteiger partial charge in [-0.25, -0.2) is 14.6 Å². The van der Waals surface area contributed by atoms with Crippen LogP contribution in [-0.4, -0.2) is 46.2 Å². The van der Waals surface area contributed by atoms with E-state index >= 15 is 0 Å². The summed E-state index contributed by atoms with van der Waals surface area (Å²) in [7, 11) is 0. The van der Waals surface area contributed by atoms with Gasteiger partial charge in [0.2, 0.25) is 0 Å². The highest BCUT2D eigenvalue weighted by atomic mass is 79.9. The number of nitrogens with two attached hydrogens (primary N) is 1. The molecule has 3 N–H and O–H groups in total. The highest BCUT2D eigenvalue weighted by Crippen LogP contribution is 2.27. The number of thiazole rings is 1. The molecular formula is C10H13BrN4O3S. The molecule has 0 saturated carbocycles. The lowest BCUT2D eigenvalue weighted by Gasteiger charge is -2.36. The molecule has 1 fully saturated rings. The van der Waals surface area contributed by atoms with Gasteiger partial charge < -0.3 is 15.7 Å². The van der Waals surface area contributed by atoms with E-state index < -0.39 is 12.1 Å². The monoisotopic (exact) mass is 348 g/mol. The summed E-state index contributed by atoms with van der Waals surface area (Å²) in [5.41, 5.74) is 5.40. The number of hydrogen-bond donors (Lipinski definition) is 2. The van der Waals surface area contributed by atoms with Crippen molar-refractivity contribution in [1.82, 2.24) is 9.88 Å². The number of carbonyl (C=O) groups excluding carboxylic acids is 1. The van der Waals surface area contributed by atoms with E-state index in [-0.39, 0.29) is 12.6 Å². The quantitative estimate of drug-likeness (QED) is 0.852. The summed E-state index contributed by atoms with van der Waals surface area (Å²) in [5, 5.41) is 10.7. The molecule has 7 nitrogen and oxygen atoms in total. The number of amides is 3. The largest absolute Gasteiger partial charge is 0.465 e. The number of piperidine rings is 1. The molecule has 104 valence electrons. The number of carbonyl (C=O) groups is 2. The second-order valence-corrected chi connectivity index (χ2v) is 6.33. The molecule has 0 spiro atoms. The van der Waals surface area contributed by atoms with Crippen LogP contribution in [0.25, 0.3) is 0 Å². The topological polar surface area (TPSA) is 99.8 Å². The first-order valence-electron chi connectivity index (χ1n) is 5.66. The van der Waals surface area contributed by atoms with Crippen molar-refractivity contribution in [2.75, 3.05) is 18.0 Å². The van der Waals surface area contributed by atoms with E-state index in [0.29, 0.717) is 29.1 Å². The summed E-state index contributed by atoms with van der Waals surface area (Å²) in [5.74, 6) is 0.460. The first-order valence-corrected chi connectivity index (χ1v) is 7.34. The van der Waals surface area contributed by atoms with E-state index in [1.54, 1.807) is 5.38 Å². The molecule has 0 radical (unpaired) electrons. The fraction of sp³-hybridized carbons (Fsp3) is 0.500. The zero-order valence-electron chi connectivity index (χ0n) is 9.95. The van der Waals surface area contributed by atoms with E-state index in [0.717, 1.165) is 0 Å². The minimum absolute atomic E-state index is 0.257. The molecule has 0 unspecified atom stereocenters. The van der Waals surface area contributed by atoms with Crippen molar-refractivity contribution in [1.29, 1.82) is 0 Å². The maximum absolute atomic E-state index is 11.6. The van der Waals surface area contributed by atoms with Crippen molar-refractivity contribution >= 4 is 45.2 Å². The van der Waals surface area contributed by atoms with Gasteiger partial charge in [0.25, 0.3) is 0 Å². The Hall–Kier alpha value is -1.35. The van der Waals surface area contributed by atoms with E-state index in [9.17, 15) is 9.59 Å². The van der Waals surface area contributed by atoms with Gasteiger partial charge in [0, 0.05) is 18.5 Å². The Kier molecular flexibility index (Phi) is 4.25. The fourth-order valence-corrected chi connectivity index (χ4v) is 3.15. The van der Waals surface area contributed by atoms with Crippen molar-refractivity contribution in [2.45, 2.75) is 18.9 Å². The molecule has 1 saturated heterocycles. The Morgan fingerprint density at radius 3 is 2.89 bits per heavy atom. The zero-order valence-corrected chi connectivity index (χ0v) is 12.4. The van der Waals surface area contributed by atoms with Crippen LogP contribution in [0, 0.1) is 0 Å². The lowest BCUT2D eigenvalue weighted by atomic mass is 10.0. The minimum atomic E-state index is -0.978. The second kappa shape index (κ2) is 5.74. The first kappa shape index (κ1) is 14.1. The van der Waals surface area contributed by atoms with Gasteiger partial charge in [-0.15, -0.1) is 11.3 Å². The zero-order chi connectivity index (χ0) is 14.0. The van der Waals surface area contributed by atoms with E-state index in [2.05, 4.69) is 20.9 Å². The van der Waals surface area contributed by atoms with Crippen LogP contribution in [0.5, 0.6) is 0 Å². The number of nitrogens with zero attached hydrogens (tertiary/aromatic N) is 3. The van der Waals surface area contributed by atoms with E-state index in [1.165, 1.54) is 21.1 Å². The van der Waals surface area contributed by atoms with Gasteiger partial charge in [-0.2, -0.15) is 0 Å². The normalized spacial score (nSPS) is 19.2. The summed E-state index contributed by atoms with van der Waals surface area (Å²) in [6, 6.07) is -0.883. The number of likely N-dealkylation sites (tertiary alicyclic amines) is 1. The van der Waals surface area contributed by atoms with Crippen molar-refractivity contribution < 1.29 is 14.7 Å². The Morgan fingerprint density at radius 1 is 1.63 bits per heavy atom. The lowest BCUT2D eigenvalue weighted by molar-refractivity contribution is 0.130. The molecule has 2 heterocycles. The molecule has 1 aliphatic heterocycles. The molecule has 19 heavy (non-hydrogen) atoms. The molecular weight excluding hydrogens is 336 g/mol. The number of urea groups is 1. The third-order valence-electron chi connectivity index (χ3n) is 2.98. The maximum atomic E-state index is 11.6. The Bertz CT molecular complexity index is 495. The second-order valence-electron chi connectivity index (χ2n) is 4.19. The van der Waals surface area contributed by atoms with Gasteiger partial charge in [-0.1, -0.05) is 0 Å². The number of halogens is 1. The average molecular weight is 349 g/mol. The summed E-state index contributed by atoms with van der Waals surface area (Å²) < 4.78 is 0.652. The summed E-state index contributed by atoms with van der Waals surface area (Å²) >= 11 is 4.58. The molecule has 1 aliphatic rings. The molecule has 2 rings (SSSR count). The highest BCUT2D eigenvalue weighted by Gasteiger charge is 2.31. The average Bonchev–Trinajstić information content (AvgIpc) is 2.75. The highest BCUT2D eigenvalue weighted by molar-refractivity contribution is 9.11. The fourth-order valence-electron chi connectivity index (χ4n) is 2.17. The molecule has 9 heteroatoms. The first-order chi connectivity index (χ1) is 8.99. The molecule has 0 bridgehead atoms. The van der Waals surface area contributed by atoms with E-state index in [4.69, 9.17) is 10.8 Å². The third kappa shape index (κ3) is 3.16. The van der Waals surface area contributed by atoms with Crippen molar-refractivity contribution in [3.8, 4) is 0 Å². The van der Waals surface area contributed by atoms with Crippen LogP contribution in [0.1, 0.15) is 12.8 Å². The number of anilines is 1. The molecule has 0 aromatic carbocycles. The predicted molar refractivity (Wildman–Crippen MR) is 74.5 cm³/mol. The van der Waals surface area contributed by atoms with Crippen LogP contribution in [0.3, 0.4) is 0 Å². The van der Waals surface area contributed by atoms with Gasteiger partial charge in [0.15, 0.2) is 3.92 Å². The number of rotatable bonds is 2. The van der Waals surface area contributed by atoms with Crippen molar-refractivity contribution in [3.05, 3.63) is 9.30 Å². The van der Waals surface area contributed by atoms with Gasteiger partial charge in [0.05, 0.1) is 6.04 Å². The van der Waals surface area contributed by atoms with Gasteiger partial charge >= 0.3 is 12.1 Å². The summed E-state index contributed by atoms with van der Waals surface area (Å²) in [6.45, 7) is 0.743. The van der Waals surface area contributed by atoms with Gasteiger partial charge in [0.1, 0.15) is 5.82 Å². The molecule has 1 atom stereocenters.